The van der Waals surface area contributed by atoms with Crippen molar-refractivity contribution in [3.63, 3.8) is 0 Å². The molecule has 15 heavy (non-hydrogen) atoms. The van der Waals surface area contributed by atoms with Crippen molar-refractivity contribution >= 4 is 11.5 Å². The van der Waals surface area contributed by atoms with Crippen LogP contribution in [0.15, 0.2) is 41.3 Å². The van der Waals surface area contributed by atoms with E-state index in [1.165, 1.54) is 23.5 Å². The lowest BCUT2D eigenvalue weighted by atomic mass is 10.3. The van der Waals surface area contributed by atoms with Crippen molar-refractivity contribution in [2.75, 3.05) is 0 Å². The quantitative estimate of drug-likeness (QED) is 0.655. The average molecular weight is 203 g/mol. The number of ether oxygens (including phenoxy) is 1. The Kier molecular flexibility index (Phi) is 2.25. The SMILES string of the molecule is CC(=O)Oc1ccc(=O)n2ccccc12. The van der Waals surface area contributed by atoms with Gasteiger partial charge in [0.15, 0.2) is 5.75 Å². The second-order valence-corrected chi connectivity index (χ2v) is 3.09. The second-order valence-electron chi connectivity index (χ2n) is 3.09. The molecule has 0 N–H and O–H groups in total. The topological polar surface area (TPSA) is 47.8 Å². The van der Waals surface area contributed by atoms with Crippen molar-refractivity contribution in [3.05, 3.63) is 46.9 Å². The lowest BCUT2D eigenvalue weighted by Gasteiger charge is -2.05. The van der Waals surface area contributed by atoms with E-state index in [0.717, 1.165) is 0 Å². The third-order valence-corrected chi connectivity index (χ3v) is 1.98. The molecule has 0 bridgehead atoms. The third kappa shape index (κ3) is 1.74. The van der Waals surface area contributed by atoms with Gasteiger partial charge in [0.25, 0.3) is 5.56 Å². The maximum Gasteiger partial charge on any atom is 0.308 e. The molecule has 0 amide bonds. The molecule has 76 valence electrons. The summed E-state index contributed by atoms with van der Waals surface area (Å²) in [5.41, 5.74) is 0.432. The van der Waals surface area contributed by atoms with Crippen LogP contribution in [0.5, 0.6) is 5.75 Å². The van der Waals surface area contributed by atoms with Crippen LogP contribution in [0, 0.1) is 0 Å². The van der Waals surface area contributed by atoms with Gasteiger partial charge in [0.05, 0.1) is 5.52 Å². The van der Waals surface area contributed by atoms with Crippen LogP contribution in [0.2, 0.25) is 0 Å². The van der Waals surface area contributed by atoms with Gasteiger partial charge in [-0.2, -0.15) is 0 Å². The number of pyridine rings is 2. The molecule has 2 heterocycles. The first-order valence-electron chi connectivity index (χ1n) is 4.47. The Labute approximate surface area is 85.7 Å². The van der Waals surface area contributed by atoms with Crippen molar-refractivity contribution in [1.82, 2.24) is 4.40 Å². The molecule has 0 aromatic carbocycles. The van der Waals surface area contributed by atoms with Gasteiger partial charge in [-0.3, -0.25) is 14.0 Å². The first-order valence-corrected chi connectivity index (χ1v) is 4.47. The molecule has 0 aliphatic rings. The molecule has 4 nitrogen and oxygen atoms in total. The Hall–Kier alpha value is -2.10. The number of hydrogen-bond donors (Lipinski definition) is 0. The monoisotopic (exact) mass is 203 g/mol. The van der Waals surface area contributed by atoms with Gasteiger partial charge in [-0.15, -0.1) is 0 Å². The minimum absolute atomic E-state index is 0.151. The molecule has 2 aromatic rings. The van der Waals surface area contributed by atoms with Crippen LogP contribution in [0.4, 0.5) is 0 Å². The molecule has 0 spiro atoms. The molecule has 0 saturated carbocycles. The van der Waals surface area contributed by atoms with Crippen LogP contribution in [0.3, 0.4) is 0 Å². The fourth-order valence-electron chi connectivity index (χ4n) is 1.39. The summed E-state index contributed by atoms with van der Waals surface area (Å²) in [6, 6.07) is 8.11. The van der Waals surface area contributed by atoms with Gasteiger partial charge in [0.2, 0.25) is 0 Å². The highest BCUT2D eigenvalue weighted by Crippen LogP contribution is 2.16. The van der Waals surface area contributed by atoms with Crippen LogP contribution >= 0.6 is 0 Å². The highest BCUT2D eigenvalue weighted by molar-refractivity contribution is 5.73. The van der Waals surface area contributed by atoms with E-state index in [4.69, 9.17) is 4.74 Å². The normalized spacial score (nSPS) is 10.2. The number of rotatable bonds is 1. The standard InChI is InChI=1S/C11H9NO3/c1-8(13)15-10-5-6-11(14)12-7-3-2-4-9(10)12/h2-7H,1H3. The van der Waals surface area contributed by atoms with E-state index in [1.807, 2.05) is 0 Å². The molecule has 2 rings (SSSR count). The lowest BCUT2D eigenvalue weighted by molar-refractivity contribution is -0.131. The Morgan fingerprint density at radius 3 is 2.80 bits per heavy atom. The molecule has 4 heteroatoms. The summed E-state index contributed by atoms with van der Waals surface area (Å²) >= 11 is 0. The maximum atomic E-state index is 11.4. The van der Waals surface area contributed by atoms with Crippen LogP contribution in [0.1, 0.15) is 6.92 Å². The Balaban J connectivity index is 2.71. The second kappa shape index (κ2) is 3.57. The van der Waals surface area contributed by atoms with E-state index in [1.54, 1.807) is 24.4 Å². The summed E-state index contributed by atoms with van der Waals surface area (Å²) in [5.74, 6) is -0.0119. The van der Waals surface area contributed by atoms with E-state index in [9.17, 15) is 9.59 Å². The van der Waals surface area contributed by atoms with Crippen LogP contribution in [-0.2, 0) is 4.79 Å². The molecule has 2 aromatic heterocycles. The van der Waals surface area contributed by atoms with E-state index in [2.05, 4.69) is 0 Å². The van der Waals surface area contributed by atoms with Gasteiger partial charge >= 0.3 is 5.97 Å². The molecule has 0 fully saturated rings. The van der Waals surface area contributed by atoms with Gasteiger partial charge in [-0.1, -0.05) is 6.07 Å². The number of nitrogens with zero attached hydrogens (tertiary/aromatic N) is 1. The minimum Gasteiger partial charge on any atom is -0.424 e. The number of esters is 1. The van der Waals surface area contributed by atoms with Crippen molar-refractivity contribution in [1.29, 1.82) is 0 Å². The minimum atomic E-state index is -0.403. The molecular weight excluding hydrogens is 194 g/mol. The van der Waals surface area contributed by atoms with Gasteiger partial charge in [0, 0.05) is 19.2 Å². The molecule has 0 saturated heterocycles. The lowest BCUT2D eigenvalue weighted by Crippen LogP contribution is -2.13. The molecule has 0 unspecified atom stereocenters. The van der Waals surface area contributed by atoms with E-state index in [-0.39, 0.29) is 5.56 Å². The van der Waals surface area contributed by atoms with Crippen LogP contribution in [0.25, 0.3) is 5.52 Å². The van der Waals surface area contributed by atoms with E-state index >= 15 is 0 Å². The Morgan fingerprint density at radius 1 is 1.27 bits per heavy atom. The highest BCUT2D eigenvalue weighted by Gasteiger charge is 2.04. The molecule has 0 radical (unpaired) electrons. The van der Waals surface area contributed by atoms with Gasteiger partial charge in [-0.05, 0) is 18.2 Å². The van der Waals surface area contributed by atoms with Crippen molar-refractivity contribution in [2.24, 2.45) is 0 Å². The van der Waals surface area contributed by atoms with Crippen molar-refractivity contribution in [2.45, 2.75) is 6.92 Å². The zero-order valence-electron chi connectivity index (χ0n) is 8.14. The van der Waals surface area contributed by atoms with Crippen LogP contribution < -0.4 is 10.3 Å². The summed E-state index contributed by atoms with van der Waals surface area (Å²) in [4.78, 5) is 22.3. The summed E-state index contributed by atoms with van der Waals surface area (Å²) < 4.78 is 6.41. The number of carbonyl (C=O) groups is 1. The summed E-state index contributed by atoms with van der Waals surface area (Å²) in [6.45, 7) is 1.32. The fraction of sp³-hybridized carbons (Fsp3) is 0.0909. The Bertz CT molecular complexity index is 571. The first kappa shape index (κ1) is 9.45. The largest absolute Gasteiger partial charge is 0.424 e. The summed E-state index contributed by atoms with van der Waals surface area (Å²) in [7, 11) is 0. The predicted molar refractivity (Wildman–Crippen MR) is 55.0 cm³/mol. The molecular formula is C11H9NO3. The van der Waals surface area contributed by atoms with E-state index in [0.29, 0.717) is 11.3 Å². The zero-order valence-corrected chi connectivity index (χ0v) is 8.14. The van der Waals surface area contributed by atoms with Gasteiger partial charge in [-0.25, -0.2) is 0 Å². The number of aromatic nitrogens is 1. The van der Waals surface area contributed by atoms with Gasteiger partial charge in [0.1, 0.15) is 0 Å². The number of hydrogen-bond acceptors (Lipinski definition) is 3. The van der Waals surface area contributed by atoms with Gasteiger partial charge < -0.3 is 4.74 Å². The van der Waals surface area contributed by atoms with Crippen LogP contribution in [-0.4, -0.2) is 10.4 Å². The number of carbonyl (C=O) groups excluding carboxylic acids is 1. The highest BCUT2D eigenvalue weighted by atomic mass is 16.5. The fourth-order valence-corrected chi connectivity index (χ4v) is 1.39. The molecule has 0 aliphatic carbocycles. The maximum absolute atomic E-state index is 11.4. The smallest absolute Gasteiger partial charge is 0.308 e. The first-order chi connectivity index (χ1) is 7.18. The number of fused-ring (bicyclic) bond motifs is 1. The summed E-state index contributed by atoms with van der Waals surface area (Å²) in [5, 5.41) is 0. The molecule has 0 aliphatic heterocycles. The molecule has 0 atom stereocenters. The van der Waals surface area contributed by atoms with Crippen molar-refractivity contribution < 1.29 is 9.53 Å². The predicted octanol–water partition coefficient (Wildman–Crippen LogP) is 1.22. The average Bonchev–Trinajstić information content (AvgIpc) is 2.22. The van der Waals surface area contributed by atoms with E-state index < -0.39 is 5.97 Å². The summed E-state index contributed by atoms with van der Waals surface area (Å²) in [6.07, 6.45) is 1.63. The Morgan fingerprint density at radius 2 is 2.07 bits per heavy atom. The van der Waals surface area contributed by atoms with Crippen molar-refractivity contribution in [3.8, 4) is 5.75 Å². The zero-order chi connectivity index (χ0) is 10.8. The third-order valence-electron chi connectivity index (χ3n) is 1.98.